The van der Waals surface area contributed by atoms with Crippen molar-refractivity contribution in [1.29, 1.82) is 0 Å². The van der Waals surface area contributed by atoms with Crippen molar-refractivity contribution in [2.24, 2.45) is 11.8 Å². The fraction of sp³-hybridized carbons (Fsp3) is 0.889. The van der Waals surface area contributed by atoms with Gasteiger partial charge in [0.1, 0.15) is 0 Å². The van der Waals surface area contributed by atoms with Gasteiger partial charge in [0.25, 0.3) is 0 Å². The third-order valence-electron chi connectivity index (χ3n) is 6.09. The Morgan fingerprint density at radius 3 is 2.17 bits per heavy atom. The van der Waals surface area contributed by atoms with Gasteiger partial charge in [0, 0.05) is 58.3 Å². The third kappa shape index (κ3) is 4.09. The van der Waals surface area contributed by atoms with Gasteiger partial charge in [-0.25, -0.2) is 0 Å². The maximum atomic E-state index is 12.4. The van der Waals surface area contributed by atoms with Gasteiger partial charge in [-0.1, -0.05) is 6.92 Å². The van der Waals surface area contributed by atoms with Gasteiger partial charge in [-0.05, 0) is 32.2 Å². The first-order valence-corrected chi connectivity index (χ1v) is 9.41. The summed E-state index contributed by atoms with van der Waals surface area (Å²) in [4.78, 5) is 33.3. The zero-order valence-corrected chi connectivity index (χ0v) is 15.4. The number of carbonyl (C=O) groups excluding carboxylic acids is 2. The molecule has 0 aromatic carbocycles. The molecular weight excluding hydrogens is 304 g/mol. The van der Waals surface area contributed by atoms with Gasteiger partial charge in [-0.3, -0.25) is 14.5 Å². The van der Waals surface area contributed by atoms with E-state index in [0.717, 1.165) is 58.5 Å². The number of amides is 2. The fourth-order valence-corrected chi connectivity index (χ4v) is 3.92. The van der Waals surface area contributed by atoms with Crippen LogP contribution in [0.3, 0.4) is 0 Å². The molecule has 1 saturated carbocycles. The maximum Gasteiger partial charge on any atom is 0.236 e. The lowest BCUT2D eigenvalue weighted by atomic mass is 10.0. The predicted octanol–water partition coefficient (Wildman–Crippen LogP) is 0.339. The summed E-state index contributed by atoms with van der Waals surface area (Å²) in [7, 11) is 4.07. The molecule has 6 nitrogen and oxygen atoms in total. The number of hydrogen-bond donors (Lipinski definition) is 0. The maximum absolute atomic E-state index is 12.4. The van der Waals surface area contributed by atoms with Crippen molar-refractivity contribution in [3.63, 3.8) is 0 Å². The van der Waals surface area contributed by atoms with Gasteiger partial charge in [0.2, 0.25) is 11.8 Å². The molecule has 2 amide bonds. The molecule has 2 aliphatic heterocycles. The van der Waals surface area contributed by atoms with Crippen LogP contribution < -0.4 is 0 Å². The molecule has 3 fully saturated rings. The second kappa shape index (κ2) is 7.40. The predicted molar refractivity (Wildman–Crippen MR) is 93.6 cm³/mol. The Balaban J connectivity index is 1.40. The Kier molecular flexibility index (Phi) is 5.45. The van der Waals surface area contributed by atoms with E-state index < -0.39 is 0 Å². The second-order valence-electron chi connectivity index (χ2n) is 7.96. The van der Waals surface area contributed by atoms with Crippen LogP contribution in [0, 0.1) is 11.8 Å². The van der Waals surface area contributed by atoms with E-state index in [2.05, 4.69) is 23.8 Å². The molecule has 3 rings (SSSR count). The minimum absolute atomic E-state index is 0.262. The highest BCUT2D eigenvalue weighted by Gasteiger charge is 2.42. The zero-order chi connectivity index (χ0) is 17.3. The van der Waals surface area contributed by atoms with E-state index in [0.29, 0.717) is 24.4 Å². The lowest BCUT2D eigenvalue weighted by molar-refractivity contribution is -0.137. The minimum atomic E-state index is 0.262. The topological polar surface area (TPSA) is 47.1 Å². The number of nitrogens with zero attached hydrogens (tertiary/aromatic N) is 4. The Morgan fingerprint density at radius 2 is 1.62 bits per heavy atom. The number of piperazine rings is 1. The van der Waals surface area contributed by atoms with Crippen LogP contribution in [-0.4, -0.2) is 97.4 Å². The van der Waals surface area contributed by atoms with Crippen molar-refractivity contribution in [3.05, 3.63) is 0 Å². The molecule has 0 spiro atoms. The average molecular weight is 336 g/mol. The lowest BCUT2D eigenvalue weighted by Gasteiger charge is -2.38. The van der Waals surface area contributed by atoms with E-state index in [1.54, 1.807) is 0 Å². The monoisotopic (exact) mass is 336 g/mol. The molecule has 0 radical (unpaired) electrons. The van der Waals surface area contributed by atoms with Crippen LogP contribution in [0.25, 0.3) is 0 Å². The molecule has 2 saturated heterocycles. The molecule has 0 unspecified atom stereocenters. The van der Waals surface area contributed by atoms with Gasteiger partial charge in [-0.2, -0.15) is 0 Å². The minimum Gasteiger partial charge on any atom is -0.342 e. The average Bonchev–Trinajstić information content (AvgIpc) is 3.31. The van der Waals surface area contributed by atoms with Crippen molar-refractivity contribution in [3.8, 4) is 0 Å². The van der Waals surface area contributed by atoms with E-state index >= 15 is 0 Å². The van der Waals surface area contributed by atoms with E-state index in [1.807, 2.05) is 16.8 Å². The number of rotatable bonds is 4. The van der Waals surface area contributed by atoms with Gasteiger partial charge in [-0.15, -0.1) is 0 Å². The zero-order valence-electron chi connectivity index (χ0n) is 15.4. The lowest BCUT2D eigenvalue weighted by Crippen LogP contribution is -2.52. The number of piperidine rings is 1. The highest BCUT2D eigenvalue weighted by Crippen LogP contribution is 2.39. The number of likely N-dealkylation sites (N-methyl/N-ethyl adjacent to an activating group) is 1. The van der Waals surface area contributed by atoms with Crippen molar-refractivity contribution in [1.82, 2.24) is 19.6 Å². The third-order valence-corrected chi connectivity index (χ3v) is 6.09. The summed E-state index contributed by atoms with van der Waals surface area (Å²) < 4.78 is 0. The quantitative estimate of drug-likeness (QED) is 0.743. The Bertz CT molecular complexity index is 468. The summed E-state index contributed by atoms with van der Waals surface area (Å²) in [6.45, 7) is 8.17. The van der Waals surface area contributed by atoms with Crippen molar-refractivity contribution in [2.75, 3.05) is 59.9 Å². The largest absolute Gasteiger partial charge is 0.342 e. The van der Waals surface area contributed by atoms with Crippen molar-refractivity contribution in [2.45, 2.75) is 32.2 Å². The van der Waals surface area contributed by atoms with Crippen molar-refractivity contribution < 1.29 is 9.59 Å². The molecule has 24 heavy (non-hydrogen) atoms. The normalized spacial score (nSPS) is 29.5. The van der Waals surface area contributed by atoms with Gasteiger partial charge in [0.15, 0.2) is 0 Å². The van der Waals surface area contributed by atoms with Gasteiger partial charge < -0.3 is 14.7 Å². The summed E-state index contributed by atoms with van der Waals surface area (Å²) in [6.07, 6.45) is 3.03. The molecule has 6 heteroatoms. The Morgan fingerprint density at radius 1 is 1.04 bits per heavy atom. The highest BCUT2D eigenvalue weighted by atomic mass is 16.2. The van der Waals surface area contributed by atoms with Gasteiger partial charge >= 0.3 is 0 Å². The summed E-state index contributed by atoms with van der Waals surface area (Å²) in [5, 5.41) is 0. The highest BCUT2D eigenvalue weighted by molar-refractivity contribution is 5.81. The SMILES string of the molecule is C[C@@H]1C[C@@H]1C(=O)N(C)C1CCN(CC(=O)N2CCN(C)CC2)CC1. The number of hydrogen-bond acceptors (Lipinski definition) is 4. The second-order valence-corrected chi connectivity index (χ2v) is 7.96. The van der Waals surface area contributed by atoms with Gasteiger partial charge in [0.05, 0.1) is 6.54 Å². The van der Waals surface area contributed by atoms with Crippen LogP contribution in [0.5, 0.6) is 0 Å². The van der Waals surface area contributed by atoms with Crippen LogP contribution in [0.4, 0.5) is 0 Å². The number of likely N-dealkylation sites (tertiary alicyclic amines) is 1. The fourth-order valence-electron chi connectivity index (χ4n) is 3.92. The molecule has 0 N–H and O–H groups in total. The first kappa shape index (κ1) is 17.7. The smallest absolute Gasteiger partial charge is 0.236 e. The van der Waals surface area contributed by atoms with Crippen LogP contribution in [-0.2, 0) is 9.59 Å². The number of carbonyl (C=O) groups is 2. The van der Waals surface area contributed by atoms with Crippen LogP contribution in [0.15, 0.2) is 0 Å². The molecule has 2 atom stereocenters. The van der Waals surface area contributed by atoms with E-state index in [4.69, 9.17) is 0 Å². The molecule has 136 valence electrons. The van der Waals surface area contributed by atoms with Crippen LogP contribution >= 0.6 is 0 Å². The first-order valence-electron chi connectivity index (χ1n) is 9.41. The molecular formula is C18H32N4O2. The standard InChI is InChI=1S/C18H32N4O2/c1-14-12-16(14)18(24)20(3)15-4-6-21(7-5-15)13-17(23)22-10-8-19(2)9-11-22/h14-16H,4-13H2,1-3H3/t14-,16+/m1/s1. The van der Waals surface area contributed by atoms with Crippen LogP contribution in [0.1, 0.15) is 26.2 Å². The molecule has 2 heterocycles. The molecule has 0 aromatic rings. The van der Waals surface area contributed by atoms with Crippen LogP contribution in [0.2, 0.25) is 0 Å². The molecule has 0 aromatic heterocycles. The summed E-state index contributed by atoms with van der Waals surface area (Å²) in [5.74, 6) is 1.43. The van der Waals surface area contributed by atoms with E-state index in [9.17, 15) is 9.59 Å². The van der Waals surface area contributed by atoms with E-state index in [-0.39, 0.29) is 11.8 Å². The molecule has 1 aliphatic carbocycles. The first-order chi connectivity index (χ1) is 11.5. The molecule has 0 bridgehead atoms. The van der Waals surface area contributed by atoms with Crippen molar-refractivity contribution >= 4 is 11.8 Å². The Hall–Kier alpha value is -1.14. The summed E-state index contributed by atoms with van der Waals surface area (Å²) in [6, 6.07) is 0.347. The summed E-state index contributed by atoms with van der Waals surface area (Å²) >= 11 is 0. The molecule has 3 aliphatic rings. The summed E-state index contributed by atoms with van der Waals surface area (Å²) in [5.41, 5.74) is 0. The van der Waals surface area contributed by atoms with E-state index in [1.165, 1.54) is 0 Å². The Labute approximate surface area is 145 Å².